The summed E-state index contributed by atoms with van der Waals surface area (Å²) in [6, 6.07) is 9.55. The van der Waals surface area contributed by atoms with Gasteiger partial charge in [0.05, 0.1) is 32.6 Å². The lowest BCUT2D eigenvalue weighted by Gasteiger charge is -2.36. The number of hydrogen-bond acceptors (Lipinski definition) is 7. The minimum Gasteiger partial charge on any atom is -0.360 e. The first kappa shape index (κ1) is 20.1. The second kappa shape index (κ2) is 7.23. The predicted octanol–water partition coefficient (Wildman–Crippen LogP) is 3.06. The fourth-order valence-corrected chi connectivity index (χ4v) is 5.47. The van der Waals surface area contributed by atoms with E-state index in [9.17, 15) is 9.59 Å². The van der Waals surface area contributed by atoms with Crippen LogP contribution in [0.4, 0.5) is 5.95 Å². The molecule has 2 aliphatic rings. The topological polar surface area (TPSA) is 117 Å². The van der Waals surface area contributed by atoms with Crippen LogP contribution < -0.4 is 16.0 Å². The van der Waals surface area contributed by atoms with E-state index >= 15 is 0 Å². The number of carbonyl (C=O) groups excluding carboxylic acids is 2. The maximum absolute atomic E-state index is 13.1. The van der Waals surface area contributed by atoms with Crippen molar-refractivity contribution in [2.75, 3.05) is 18.0 Å². The highest BCUT2D eigenvalue weighted by Gasteiger charge is 2.36. The number of nitrogens with two attached hydrogens (primary N) is 1. The van der Waals surface area contributed by atoms with E-state index in [0.717, 1.165) is 47.1 Å². The molecule has 0 bridgehead atoms. The lowest BCUT2D eigenvalue weighted by molar-refractivity contribution is -0.122. The molecule has 0 aliphatic carbocycles. The molecular weight excluding hydrogens is 436 g/mol. The molecule has 2 aliphatic heterocycles. The van der Waals surface area contributed by atoms with E-state index in [2.05, 4.69) is 22.1 Å². The van der Waals surface area contributed by atoms with Crippen molar-refractivity contribution >= 4 is 61.4 Å². The van der Waals surface area contributed by atoms with Crippen LogP contribution in [0.15, 0.2) is 41.9 Å². The average Bonchev–Trinajstić information content (AvgIpc) is 3.48. The Morgan fingerprint density at radius 3 is 2.64 bits per heavy atom. The van der Waals surface area contributed by atoms with Crippen LogP contribution >= 0.6 is 11.3 Å². The lowest BCUT2D eigenvalue weighted by atomic mass is 9.91. The first-order chi connectivity index (χ1) is 15.9. The quantitative estimate of drug-likeness (QED) is 0.406. The van der Waals surface area contributed by atoms with Gasteiger partial charge in [0.1, 0.15) is 0 Å². The Morgan fingerprint density at radius 2 is 1.82 bits per heavy atom. The molecule has 166 valence electrons. The van der Waals surface area contributed by atoms with Crippen molar-refractivity contribution in [2.24, 2.45) is 5.73 Å². The van der Waals surface area contributed by atoms with Gasteiger partial charge in [-0.05, 0) is 37.3 Å². The Kier molecular flexibility index (Phi) is 4.40. The number of aromatic nitrogens is 3. The van der Waals surface area contributed by atoms with E-state index in [0.29, 0.717) is 22.8 Å². The third-order valence-corrected chi connectivity index (χ3v) is 7.45. The van der Waals surface area contributed by atoms with Gasteiger partial charge in [0.25, 0.3) is 11.8 Å². The van der Waals surface area contributed by atoms with E-state index in [-0.39, 0.29) is 11.1 Å². The highest BCUT2D eigenvalue weighted by molar-refractivity contribution is 7.17. The summed E-state index contributed by atoms with van der Waals surface area (Å²) >= 11 is 1.53. The number of thiophene rings is 1. The van der Waals surface area contributed by atoms with E-state index in [4.69, 9.17) is 15.7 Å². The van der Waals surface area contributed by atoms with Crippen LogP contribution in [0.1, 0.15) is 31.0 Å². The van der Waals surface area contributed by atoms with Crippen LogP contribution in [0.3, 0.4) is 0 Å². The van der Waals surface area contributed by atoms with Crippen LogP contribution in [0, 0.1) is 0 Å². The predicted molar refractivity (Wildman–Crippen MR) is 130 cm³/mol. The molecule has 4 N–H and O–H groups in total. The second-order valence-electron chi connectivity index (χ2n) is 8.93. The lowest BCUT2D eigenvalue weighted by Crippen LogP contribution is -2.48. The summed E-state index contributed by atoms with van der Waals surface area (Å²) in [6.07, 6.45) is 3.43. The Bertz CT molecular complexity index is 1470. The van der Waals surface area contributed by atoms with Crippen LogP contribution in [-0.2, 0) is 9.59 Å². The van der Waals surface area contributed by atoms with Gasteiger partial charge >= 0.3 is 0 Å². The first-order valence-electron chi connectivity index (χ1n) is 10.9. The second-order valence-corrected chi connectivity index (χ2v) is 9.85. The molecule has 0 unspecified atom stereocenters. The van der Waals surface area contributed by atoms with Crippen molar-refractivity contribution in [3.05, 3.63) is 53.2 Å². The van der Waals surface area contributed by atoms with Crippen molar-refractivity contribution < 1.29 is 9.59 Å². The highest BCUT2D eigenvalue weighted by Crippen LogP contribution is 2.38. The molecular formula is C24H22N6O2S. The number of imide groups is 1. The number of anilines is 1. The molecule has 0 saturated carbocycles. The molecule has 0 spiro atoms. The zero-order valence-corrected chi connectivity index (χ0v) is 18.8. The summed E-state index contributed by atoms with van der Waals surface area (Å²) in [4.78, 5) is 41.0. The maximum atomic E-state index is 13.1. The number of amides is 2. The molecule has 9 heteroatoms. The molecule has 8 nitrogen and oxygen atoms in total. The fraction of sp³-hybridized carbons (Fsp3) is 0.250. The summed E-state index contributed by atoms with van der Waals surface area (Å²) in [5, 5.41) is 5.17. The third kappa shape index (κ3) is 3.23. The van der Waals surface area contributed by atoms with E-state index in [1.54, 1.807) is 6.20 Å². The van der Waals surface area contributed by atoms with Crippen molar-refractivity contribution in [3.8, 4) is 0 Å². The Morgan fingerprint density at radius 1 is 1.06 bits per heavy atom. The number of carbonyl (C=O) groups is 2. The van der Waals surface area contributed by atoms with Gasteiger partial charge in [0.2, 0.25) is 5.95 Å². The molecule has 1 fully saturated rings. The molecule has 0 radical (unpaired) electrons. The van der Waals surface area contributed by atoms with Crippen LogP contribution in [-0.4, -0.2) is 45.4 Å². The molecule has 4 aromatic rings. The van der Waals surface area contributed by atoms with Crippen molar-refractivity contribution in [2.45, 2.75) is 25.3 Å². The molecule has 6 rings (SSSR count). The number of H-pyrrole nitrogens is 1. The number of nitrogens with zero attached hydrogens (tertiary/aromatic N) is 3. The number of aromatic amines is 1. The maximum Gasteiger partial charge on any atom is 0.261 e. The number of hydrogen-bond donors (Lipinski definition) is 3. The molecule has 3 aromatic heterocycles. The summed E-state index contributed by atoms with van der Waals surface area (Å²) < 4.78 is 0.934. The standard InChI is InChI=1S/C24H22N6O2S/c1-24(25)7-9-30(10-8-24)23-27-15-5-3-2-4-13(15)19(28-23)18-17(21(31)29-22(18)32)14-12-26-16-6-11-33-20(14)16/h2-6,11-12,26H,7-10,25H2,1H3,(H,29,31,32). The number of rotatable bonds is 3. The van der Waals surface area contributed by atoms with Crippen LogP contribution in [0.5, 0.6) is 0 Å². The normalized spacial score (nSPS) is 18.5. The smallest absolute Gasteiger partial charge is 0.261 e. The Hall–Kier alpha value is -3.56. The molecule has 5 heterocycles. The molecule has 2 amide bonds. The monoisotopic (exact) mass is 458 g/mol. The third-order valence-electron chi connectivity index (χ3n) is 6.50. The zero-order chi connectivity index (χ0) is 22.7. The summed E-state index contributed by atoms with van der Waals surface area (Å²) in [7, 11) is 0. The first-order valence-corrected chi connectivity index (χ1v) is 11.8. The number of benzene rings is 1. The van der Waals surface area contributed by atoms with Crippen molar-refractivity contribution in [3.63, 3.8) is 0 Å². The van der Waals surface area contributed by atoms with Gasteiger partial charge < -0.3 is 15.6 Å². The summed E-state index contributed by atoms with van der Waals surface area (Å²) in [5.41, 5.74) is 9.58. The summed E-state index contributed by atoms with van der Waals surface area (Å²) in [6.45, 7) is 3.52. The van der Waals surface area contributed by atoms with E-state index in [1.807, 2.05) is 35.7 Å². The van der Waals surface area contributed by atoms with Crippen LogP contribution in [0.2, 0.25) is 0 Å². The number of nitrogens with one attached hydrogen (secondary N) is 2. The van der Waals surface area contributed by atoms with Gasteiger partial charge in [-0.3, -0.25) is 14.9 Å². The van der Waals surface area contributed by atoms with Gasteiger partial charge in [0.15, 0.2) is 0 Å². The van der Waals surface area contributed by atoms with E-state index in [1.165, 1.54) is 11.3 Å². The Labute approximate surface area is 193 Å². The van der Waals surface area contributed by atoms with Gasteiger partial charge in [-0.2, -0.15) is 0 Å². The molecule has 0 atom stereocenters. The SMILES string of the molecule is CC1(N)CCN(c2nc(C3=C(c4c[nH]c5ccsc45)C(=O)NC3=O)c3ccccc3n2)CC1. The molecule has 1 saturated heterocycles. The number of piperidine rings is 1. The average molecular weight is 459 g/mol. The van der Waals surface area contributed by atoms with E-state index < -0.39 is 11.8 Å². The van der Waals surface area contributed by atoms with Gasteiger partial charge in [-0.15, -0.1) is 11.3 Å². The number of fused-ring (bicyclic) bond motifs is 2. The minimum absolute atomic E-state index is 0.204. The van der Waals surface area contributed by atoms with Gasteiger partial charge in [-0.1, -0.05) is 18.2 Å². The number of para-hydroxylation sites is 1. The fourth-order valence-electron chi connectivity index (χ4n) is 4.58. The summed E-state index contributed by atoms with van der Waals surface area (Å²) in [5.74, 6) is -0.303. The Balaban J connectivity index is 1.58. The van der Waals surface area contributed by atoms with Crippen molar-refractivity contribution in [1.82, 2.24) is 20.3 Å². The largest absolute Gasteiger partial charge is 0.360 e. The van der Waals surface area contributed by atoms with Crippen LogP contribution in [0.25, 0.3) is 32.3 Å². The minimum atomic E-state index is -0.441. The van der Waals surface area contributed by atoms with Crippen molar-refractivity contribution in [1.29, 1.82) is 0 Å². The highest BCUT2D eigenvalue weighted by atomic mass is 32.1. The molecule has 1 aromatic carbocycles. The van der Waals surface area contributed by atoms with Gasteiger partial charge in [-0.25, -0.2) is 9.97 Å². The zero-order valence-electron chi connectivity index (χ0n) is 18.0. The molecule has 33 heavy (non-hydrogen) atoms. The van der Waals surface area contributed by atoms with Gasteiger partial charge in [0, 0.05) is 35.8 Å².